The van der Waals surface area contributed by atoms with Crippen LogP contribution in [0.3, 0.4) is 0 Å². The molecule has 0 radical (unpaired) electrons. The molecule has 28 heavy (non-hydrogen) atoms. The van der Waals surface area contributed by atoms with E-state index >= 15 is 0 Å². The molecule has 2 aromatic heterocycles. The fourth-order valence-electron chi connectivity index (χ4n) is 2.88. The number of aromatic amines is 1. The van der Waals surface area contributed by atoms with Gasteiger partial charge in [-0.2, -0.15) is 10.2 Å². The van der Waals surface area contributed by atoms with E-state index in [1.54, 1.807) is 6.92 Å². The highest BCUT2D eigenvalue weighted by Crippen LogP contribution is 2.55. The molecule has 0 unspecified atom stereocenters. The van der Waals surface area contributed by atoms with Crippen molar-refractivity contribution in [3.63, 3.8) is 0 Å². The number of hydrogen-bond acceptors (Lipinski definition) is 3. The number of nitrogens with one attached hydrogen (secondary N) is 2. The summed E-state index contributed by atoms with van der Waals surface area (Å²) in [6.07, 6.45) is 2.65. The third-order valence-electron chi connectivity index (χ3n) is 4.65. The molecule has 1 aromatic carbocycles. The van der Waals surface area contributed by atoms with Crippen molar-refractivity contribution in [3.05, 3.63) is 59.6 Å². The van der Waals surface area contributed by atoms with Gasteiger partial charge >= 0.3 is 0 Å². The van der Waals surface area contributed by atoms with Crippen molar-refractivity contribution in [3.8, 4) is 5.69 Å². The van der Waals surface area contributed by atoms with Crippen LogP contribution in [0.1, 0.15) is 36.4 Å². The van der Waals surface area contributed by atoms with E-state index in [1.807, 2.05) is 0 Å². The Morgan fingerprint density at radius 2 is 1.96 bits per heavy atom. The molecule has 1 aliphatic carbocycles. The Bertz CT molecular complexity index is 1020. The molecule has 1 saturated carbocycles. The predicted octanol–water partition coefficient (Wildman–Crippen LogP) is 3.74. The predicted molar refractivity (Wildman–Crippen MR) is 91.4 cm³/mol. The van der Waals surface area contributed by atoms with Crippen LogP contribution in [0.2, 0.25) is 0 Å². The van der Waals surface area contributed by atoms with Crippen molar-refractivity contribution >= 4 is 11.7 Å². The highest BCUT2D eigenvalue weighted by molar-refractivity contribution is 5.94. The van der Waals surface area contributed by atoms with Gasteiger partial charge in [0.05, 0.1) is 29.4 Å². The van der Waals surface area contributed by atoms with Crippen molar-refractivity contribution < 1.29 is 22.4 Å². The average Bonchev–Trinajstić information content (AvgIpc) is 3.01. The molecule has 0 saturated heterocycles. The van der Waals surface area contributed by atoms with Crippen LogP contribution >= 0.6 is 0 Å². The van der Waals surface area contributed by atoms with Gasteiger partial charge in [0, 0.05) is 30.3 Å². The van der Waals surface area contributed by atoms with E-state index in [9.17, 15) is 22.4 Å². The lowest BCUT2D eigenvalue weighted by Crippen LogP contribution is -2.18. The summed E-state index contributed by atoms with van der Waals surface area (Å²) in [5.41, 5.74) is 0.893. The summed E-state index contributed by atoms with van der Waals surface area (Å²) >= 11 is 0. The lowest BCUT2D eigenvalue weighted by molar-refractivity contribution is -0.117. The van der Waals surface area contributed by atoms with E-state index in [4.69, 9.17) is 0 Å². The van der Waals surface area contributed by atoms with Crippen LogP contribution in [-0.2, 0) is 4.79 Å². The molecule has 0 bridgehead atoms. The topological polar surface area (TPSA) is 75.6 Å². The van der Waals surface area contributed by atoms with Crippen LogP contribution in [0.15, 0.2) is 36.7 Å². The van der Waals surface area contributed by atoms with Crippen molar-refractivity contribution in [1.29, 1.82) is 0 Å². The summed E-state index contributed by atoms with van der Waals surface area (Å²) in [5.74, 6) is -5.99. The zero-order valence-corrected chi connectivity index (χ0v) is 14.6. The fourth-order valence-corrected chi connectivity index (χ4v) is 2.88. The monoisotopic (exact) mass is 393 g/mol. The summed E-state index contributed by atoms with van der Waals surface area (Å²) in [4.78, 5) is 12.4. The molecule has 3 aromatic rings. The highest BCUT2D eigenvalue weighted by Gasteiger charge is 2.58. The maximum absolute atomic E-state index is 13.4. The van der Waals surface area contributed by atoms with Gasteiger partial charge < -0.3 is 5.32 Å². The fraction of sp³-hybridized carbons (Fsp3) is 0.278. The smallest absolute Gasteiger partial charge is 0.257 e. The molecule has 2 heterocycles. The number of carbonyl (C=O) groups excluding carboxylic acids is 1. The molecule has 0 spiro atoms. The molecular weight excluding hydrogens is 378 g/mol. The minimum absolute atomic E-state index is 0.180. The van der Waals surface area contributed by atoms with Crippen molar-refractivity contribution in [2.24, 2.45) is 0 Å². The number of halogens is 4. The lowest BCUT2D eigenvalue weighted by Gasteiger charge is -2.08. The van der Waals surface area contributed by atoms with Crippen LogP contribution in [0.5, 0.6) is 0 Å². The first-order chi connectivity index (χ1) is 13.2. The van der Waals surface area contributed by atoms with Gasteiger partial charge in [0.1, 0.15) is 17.5 Å². The Morgan fingerprint density at radius 1 is 1.29 bits per heavy atom. The first-order valence-electron chi connectivity index (χ1n) is 8.48. The van der Waals surface area contributed by atoms with Crippen LogP contribution in [0, 0.1) is 11.6 Å². The molecular formula is C18H15F4N5O. The third-order valence-corrected chi connectivity index (χ3v) is 4.65. The largest absolute Gasteiger partial charge is 0.311 e. The molecule has 4 rings (SSSR count). The summed E-state index contributed by atoms with van der Waals surface area (Å²) in [6.45, 7) is 1.62. The molecule has 1 aliphatic rings. The van der Waals surface area contributed by atoms with Gasteiger partial charge in [-0.1, -0.05) is 0 Å². The number of alkyl halides is 2. The molecule has 1 fully saturated rings. The molecule has 10 heteroatoms. The van der Waals surface area contributed by atoms with Gasteiger partial charge in [0.15, 0.2) is 0 Å². The number of carbonyl (C=O) groups is 1. The summed E-state index contributed by atoms with van der Waals surface area (Å²) in [6, 6.07) is 4.37. The second-order valence-corrected chi connectivity index (χ2v) is 6.78. The van der Waals surface area contributed by atoms with E-state index in [-0.39, 0.29) is 23.6 Å². The number of amides is 1. The van der Waals surface area contributed by atoms with Gasteiger partial charge in [-0.25, -0.2) is 22.2 Å². The number of H-pyrrole nitrogens is 1. The molecule has 1 amide bonds. The molecule has 0 aliphatic heterocycles. The normalized spacial score (nSPS) is 18.7. The Labute approximate surface area is 156 Å². The molecule has 2 atom stereocenters. The van der Waals surface area contributed by atoms with E-state index in [2.05, 4.69) is 20.6 Å². The van der Waals surface area contributed by atoms with Crippen LogP contribution in [-0.4, -0.2) is 31.8 Å². The Kier molecular flexibility index (Phi) is 4.20. The van der Waals surface area contributed by atoms with Crippen molar-refractivity contribution in [2.45, 2.75) is 31.1 Å². The number of nitrogens with zero attached hydrogens (tertiary/aromatic N) is 3. The minimum atomic E-state index is -2.74. The standard InChI is InChI=1S/C18H15F4N5O/c1-9(10-7-23-27(8-10)13-3-11(19)2-12(20)4-13)17(28)24-16-5-15(25-26-16)14-6-18(14,21)22/h2-5,7-9,14H,6H2,1H3,(H2,24,25,26,28)/t9-,14+/m0/s1. The first kappa shape index (κ1) is 18.2. The maximum atomic E-state index is 13.4. The zero-order chi connectivity index (χ0) is 20.1. The van der Waals surface area contributed by atoms with Gasteiger partial charge in [-0.15, -0.1) is 0 Å². The van der Waals surface area contributed by atoms with E-state index < -0.39 is 35.3 Å². The highest BCUT2D eigenvalue weighted by atomic mass is 19.3. The van der Waals surface area contributed by atoms with Gasteiger partial charge in [-0.3, -0.25) is 9.89 Å². The lowest BCUT2D eigenvalue weighted by atomic mass is 10.0. The number of aromatic nitrogens is 4. The maximum Gasteiger partial charge on any atom is 0.257 e. The SMILES string of the molecule is C[C@H](C(=O)Nc1cc([C@H]2CC2(F)F)n[nH]1)c1cnn(-c2cc(F)cc(F)c2)c1. The number of hydrogen-bond donors (Lipinski definition) is 2. The average molecular weight is 393 g/mol. The van der Waals surface area contributed by atoms with Gasteiger partial charge in [-0.05, 0) is 19.1 Å². The number of benzene rings is 1. The van der Waals surface area contributed by atoms with Gasteiger partial charge in [0.25, 0.3) is 5.92 Å². The van der Waals surface area contributed by atoms with Crippen LogP contribution < -0.4 is 5.32 Å². The molecule has 2 N–H and O–H groups in total. The first-order valence-corrected chi connectivity index (χ1v) is 8.48. The Morgan fingerprint density at radius 3 is 2.61 bits per heavy atom. The third kappa shape index (κ3) is 3.49. The molecule has 146 valence electrons. The van der Waals surface area contributed by atoms with Crippen molar-refractivity contribution in [2.75, 3.05) is 5.32 Å². The molecule has 6 nitrogen and oxygen atoms in total. The quantitative estimate of drug-likeness (QED) is 0.649. The second kappa shape index (κ2) is 6.47. The van der Waals surface area contributed by atoms with Crippen LogP contribution in [0.25, 0.3) is 5.69 Å². The Balaban J connectivity index is 1.45. The zero-order valence-electron chi connectivity index (χ0n) is 14.6. The summed E-state index contributed by atoms with van der Waals surface area (Å²) in [5, 5.41) is 12.9. The van der Waals surface area contributed by atoms with E-state index in [0.717, 1.165) is 18.2 Å². The summed E-state index contributed by atoms with van der Waals surface area (Å²) in [7, 11) is 0. The van der Waals surface area contributed by atoms with Crippen molar-refractivity contribution in [1.82, 2.24) is 20.0 Å². The number of rotatable bonds is 5. The number of anilines is 1. The Hall–Kier alpha value is -3.17. The summed E-state index contributed by atoms with van der Waals surface area (Å²) < 4.78 is 54.2. The van der Waals surface area contributed by atoms with Gasteiger partial charge in [0.2, 0.25) is 5.91 Å². The minimum Gasteiger partial charge on any atom is -0.311 e. The van der Waals surface area contributed by atoms with Crippen LogP contribution in [0.4, 0.5) is 23.4 Å². The second-order valence-electron chi connectivity index (χ2n) is 6.78. The van der Waals surface area contributed by atoms with E-state index in [0.29, 0.717) is 5.56 Å². The van der Waals surface area contributed by atoms with E-state index in [1.165, 1.54) is 23.1 Å².